The van der Waals surface area contributed by atoms with E-state index in [2.05, 4.69) is 0 Å². The molecule has 2 aromatic carbocycles. The van der Waals surface area contributed by atoms with Gasteiger partial charge in [0.2, 0.25) is 0 Å². The quantitative estimate of drug-likeness (QED) is 0.446. The van der Waals surface area contributed by atoms with Gasteiger partial charge in [0.05, 0.1) is 21.7 Å². The normalized spacial score (nSPS) is 13.0. The molecule has 27 heavy (non-hydrogen) atoms. The van der Waals surface area contributed by atoms with Gasteiger partial charge in [-0.15, -0.1) is 11.3 Å². The number of rotatable bonds is 5. The number of aliphatic hydroxyl groups is 1. The van der Waals surface area contributed by atoms with Crippen LogP contribution in [-0.4, -0.2) is 5.11 Å². The van der Waals surface area contributed by atoms with Gasteiger partial charge < -0.3 is 5.11 Å². The number of halogens is 5. The van der Waals surface area contributed by atoms with Crippen LogP contribution >= 0.6 is 34.5 Å². The molecule has 0 saturated heterocycles. The van der Waals surface area contributed by atoms with Crippen LogP contribution in [0.2, 0.25) is 10.0 Å². The molecule has 3 aromatic rings. The second-order valence-electron chi connectivity index (χ2n) is 6.08. The third-order valence-corrected chi connectivity index (χ3v) is 6.10. The molecule has 0 aliphatic carbocycles. The number of benzene rings is 2. The van der Waals surface area contributed by atoms with Crippen LogP contribution in [0.1, 0.15) is 28.5 Å². The summed E-state index contributed by atoms with van der Waals surface area (Å²) in [4.78, 5) is 0.753. The molecule has 1 aromatic heterocycles. The Labute approximate surface area is 169 Å². The van der Waals surface area contributed by atoms with E-state index in [0.29, 0.717) is 28.5 Å². The van der Waals surface area contributed by atoms with Crippen molar-refractivity contribution in [3.05, 3.63) is 80.0 Å². The Bertz CT molecular complexity index is 920. The molecule has 0 bridgehead atoms. The molecule has 0 aliphatic rings. The van der Waals surface area contributed by atoms with Crippen LogP contribution in [0.25, 0.3) is 11.1 Å². The monoisotopic (exact) mass is 430 g/mol. The summed E-state index contributed by atoms with van der Waals surface area (Å²) in [5, 5.41) is 13.2. The molecule has 3 rings (SSSR count). The number of aryl methyl sites for hydroxylation is 1. The second kappa shape index (κ2) is 8.23. The van der Waals surface area contributed by atoms with Crippen molar-refractivity contribution in [2.45, 2.75) is 25.1 Å². The lowest BCUT2D eigenvalue weighted by molar-refractivity contribution is -0.137. The lowest BCUT2D eigenvalue weighted by Crippen LogP contribution is -2.03. The maximum Gasteiger partial charge on any atom is 0.416 e. The fraction of sp³-hybridized carbons (Fsp3) is 0.200. The predicted octanol–water partition coefficient (Wildman–Crippen LogP) is 7.41. The van der Waals surface area contributed by atoms with Crippen molar-refractivity contribution in [1.29, 1.82) is 0 Å². The summed E-state index contributed by atoms with van der Waals surface area (Å²) in [5.74, 6) is 0. The molecule has 1 heterocycles. The first-order chi connectivity index (χ1) is 12.8. The van der Waals surface area contributed by atoms with Crippen LogP contribution in [0.5, 0.6) is 0 Å². The van der Waals surface area contributed by atoms with Gasteiger partial charge in [0, 0.05) is 4.88 Å². The number of thiophene rings is 1. The summed E-state index contributed by atoms with van der Waals surface area (Å²) >= 11 is 13.5. The SMILES string of the molecule is OC(CCc1cccc(Cl)c1Cl)c1cc(-c2ccc(C(F)(F)F)cc2)cs1. The Morgan fingerprint density at radius 1 is 1.00 bits per heavy atom. The van der Waals surface area contributed by atoms with Crippen molar-refractivity contribution in [2.75, 3.05) is 0 Å². The average Bonchev–Trinajstić information content (AvgIpc) is 3.12. The van der Waals surface area contributed by atoms with E-state index in [0.717, 1.165) is 28.1 Å². The van der Waals surface area contributed by atoms with E-state index in [1.165, 1.54) is 23.5 Å². The zero-order chi connectivity index (χ0) is 19.6. The summed E-state index contributed by atoms with van der Waals surface area (Å²) in [7, 11) is 0. The Kier molecular flexibility index (Phi) is 6.16. The van der Waals surface area contributed by atoms with Gasteiger partial charge in [-0.1, -0.05) is 47.5 Å². The van der Waals surface area contributed by atoms with Crippen molar-refractivity contribution < 1.29 is 18.3 Å². The van der Waals surface area contributed by atoms with E-state index in [4.69, 9.17) is 23.2 Å². The van der Waals surface area contributed by atoms with Crippen molar-refractivity contribution in [1.82, 2.24) is 0 Å². The van der Waals surface area contributed by atoms with E-state index < -0.39 is 17.8 Å². The number of hydrogen-bond donors (Lipinski definition) is 1. The van der Waals surface area contributed by atoms with E-state index in [1.807, 2.05) is 17.5 Å². The third kappa shape index (κ3) is 4.85. The minimum absolute atomic E-state index is 0.465. The summed E-state index contributed by atoms with van der Waals surface area (Å²) in [6.45, 7) is 0. The molecular formula is C20H15Cl2F3OS. The topological polar surface area (TPSA) is 20.2 Å². The van der Waals surface area contributed by atoms with Gasteiger partial charge in [-0.25, -0.2) is 0 Å². The van der Waals surface area contributed by atoms with Crippen molar-refractivity contribution >= 4 is 34.5 Å². The molecule has 0 fully saturated rings. The molecule has 142 valence electrons. The summed E-state index contributed by atoms with van der Waals surface area (Å²) in [6, 6.07) is 12.2. The highest BCUT2D eigenvalue weighted by molar-refractivity contribution is 7.10. The van der Waals surface area contributed by atoms with Crippen molar-refractivity contribution in [2.24, 2.45) is 0 Å². The molecule has 0 saturated carbocycles. The molecule has 7 heteroatoms. The summed E-state index contributed by atoms with van der Waals surface area (Å²) < 4.78 is 38.0. The standard InChI is InChI=1S/C20H15Cl2F3OS/c21-16-3-1-2-13(19(16)22)6-9-17(26)18-10-14(11-27-18)12-4-7-15(8-5-12)20(23,24)25/h1-5,7-8,10-11,17,26H,6,9H2. The van der Waals surface area contributed by atoms with Crippen LogP contribution < -0.4 is 0 Å². The van der Waals surface area contributed by atoms with Crippen LogP contribution in [0.15, 0.2) is 53.9 Å². The van der Waals surface area contributed by atoms with Gasteiger partial charge in [-0.2, -0.15) is 13.2 Å². The van der Waals surface area contributed by atoms with E-state index in [-0.39, 0.29) is 0 Å². The molecule has 1 unspecified atom stereocenters. The highest BCUT2D eigenvalue weighted by atomic mass is 35.5. The fourth-order valence-corrected chi connectivity index (χ4v) is 4.06. The molecule has 0 amide bonds. The Morgan fingerprint density at radius 3 is 2.37 bits per heavy atom. The zero-order valence-corrected chi connectivity index (χ0v) is 16.3. The molecule has 0 radical (unpaired) electrons. The first kappa shape index (κ1) is 20.2. The fourth-order valence-electron chi connectivity index (χ4n) is 2.71. The maximum absolute atomic E-state index is 12.7. The number of alkyl halides is 3. The maximum atomic E-state index is 12.7. The zero-order valence-electron chi connectivity index (χ0n) is 13.9. The second-order valence-corrected chi connectivity index (χ2v) is 7.81. The van der Waals surface area contributed by atoms with Crippen LogP contribution in [0.4, 0.5) is 13.2 Å². The lowest BCUT2D eigenvalue weighted by atomic mass is 10.0. The van der Waals surface area contributed by atoms with Crippen molar-refractivity contribution in [3.63, 3.8) is 0 Å². The first-order valence-electron chi connectivity index (χ1n) is 8.12. The minimum Gasteiger partial charge on any atom is -0.388 e. The van der Waals surface area contributed by atoms with Gasteiger partial charge in [-0.05, 0) is 59.2 Å². The van der Waals surface area contributed by atoms with Crippen LogP contribution in [0, 0.1) is 0 Å². The van der Waals surface area contributed by atoms with E-state index in [1.54, 1.807) is 12.1 Å². The van der Waals surface area contributed by atoms with Gasteiger partial charge >= 0.3 is 6.18 Å². The average molecular weight is 431 g/mol. The molecular weight excluding hydrogens is 416 g/mol. The number of hydrogen-bond acceptors (Lipinski definition) is 2. The summed E-state index contributed by atoms with van der Waals surface area (Å²) in [6.07, 6.45) is -4.01. The van der Waals surface area contributed by atoms with Crippen molar-refractivity contribution in [3.8, 4) is 11.1 Å². The summed E-state index contributed by atoms with van der Waals surface area (Å²) in [5.41, 5.74) is 1.64. The molecule has 0 aliphatic heterocycles. The van der Waals surface area contributed by atoms with E-state index >= 15 is 0 Å². The lowest BCUT2D eigenvalue weighted by Gasteiger charge is -2.10. The van der Waals surface area contributed by atoms with Gasteiger partial charge in [0.15, 0.2) is 0 Å². The first-order valence-corrected chi connectivity index (χ1v) is 9.76. The predicted molar refractivity (Wildman–Crippen MR) is 104 cm³/mol. The van der Waals surface area contributed by atoms with Gasteiger partial charge in [0.1, 0.15) is 0 Å². The third-order valence-electron chi connectivity index (χ3n) is 4.21. The largest absolute Gasteiger partial charge is 0.416 e. The Morgan fingerprint density at radius 2 is 1.70 bits per heavy atom. The number of aliphatic hydroxyl groups excluding tert-OH is 1. The van der Waals surface area contributed by atoms with Gasteiger partial charge in [0.25, 0.3) is 0 Å². The molecule has 1 atom stereocenters. The van der Waals surface area contributed by atoms with Crippen LogP contribution in [0.3, 0.4) is 0 Å². The minimum atomic E-state index is -4.35. The highest BCUT2D eigenvalue weighted by Gasteiger charge is 2.30. The highest BCUT2D eigenvalue weighted by Crippen LogP contribution is 2.35. The van der Waals surface area contributed by atoms with E-state index in [9.17, 15) is 18.3 Å². The molecule has 0 spiro atoms. The molecule has 1 N–H and O–H groups in total. The Balaban J connectivity index is 1.68. The Hall–Kier alpha value is -1.53. The van der Waals surface area contributed by atoms with Crippen LogP contribution in [-0.2, 0) is 12.6 Å². The van der Waals surface area contributed by atoms with Gasteiger partial charge in [-0.3, -0.25) is 0 Å². The smallest absolute Gasteiger partial charge is 0.388 e. The molecule has 1 nitrogen and oxygen atoms in total.